The third-order valence-electron chi connectivity index (χ3n) is 1.27. The molecule has 0 saturated heterocycles. The maximum absolute atomic E-state index is 11.6. The van der Waals surface area contributed by atoms with Crippen LogP contribution < -0.4 is 5.32 Å². The molecular formula is C7H11F3N2. The van der Waals surface area contributed by atoms with Gasteiger partial charge in [-0.3, -0.25) is 0 Å². The SMILES string of the molecule is N#CCNCCCCC(F)(F)F. The van der Waals surface area contributed by atoms with E-state index in [1.54, 1.807) is 0 Å². The van der Waals surface area contributed by atoms with Crippen molar-refractivity contribution in [2.75, 3.05) is 13.1 Å². The van der Waals surface area contributed by atoms with E-state index in [0.29, 0.717) is 13.0 Å². The molecule has 0 amide bonds. The molecule has 2 nitrogen and oxygen atoms in total. The number of hydrogen-bond acceptors (Lipinski definition) is 2. The Morgan fingerprint density at radius 3 is 2.42 bits per heavy atom. The molecule has 0 aromatic heterocycles. The summed E-state index contributed by atoms with van der Waals surface area (Å²) in [5.74, 6) is 0. The van der Waals surface area contributed by atoms with E-state index in [9.17, 15) is 13.2 Å². The molecule has 5 heteroatoms. The van der Waals surface area contributed by atoms with Crippen molar-refractivity contribution in [1.82, 2.24) is 5.32 Å². The molecule has 70 valence electrons. The van der Waals surface area contributed by atoms with Gasteiger partial charge in [0.15, 0.2) is 0 Å². The normalized spacial score (nSPS) is 11.2. The second kappa shape index (κ2) is 5.84. The first-order valence-electron chi connectivity index (χ1n) is 3.70. The van der Waals surface area contributed by atoms with Crippen molar-refractivity contribution in [3.05, 3.63) is 0 Å². The van der Waals surface area contributed by atoms with Crippen LogP contribution in [0.15, 0.2) is 0 Å². The molecule has 0 aromatic carbocycles. The van der Waals surface area contributed by atoms with Crippen LogP contribution in [0.4, 0.5) is 13.2 Å². The summed E-state index contributed by atoms with van der Waals surface area (Å²) in [4.78, 5) is 0. The number of nitriles is 1. The second-order valence-corrected chi connectivity index (χ2v) is 2.41. The van der Waals surface area contributed by atoms with E-state index in [0.717, 1.165) is 0 Å². The highest BCUT2D eigenvalue weighted by Gasteiger charge is 2.25. The third kappa shape index (κ3) is 9.24. The molecule has 0 aliphatic rings. The second-order valence-electron chi connectivity index (χ2n) is 2.41. The Hall–Kier alpha value is -0.760. The molecule has 0 aromatic rings. The summed E-state index contributed by atoms with van der Waals surface area (Å²) < 4.78 is 34.7. The topological polar surface area (TPSA) is 35.8 Å². The molecule has 0 fully saturated rings. The fourth-order valence-electron chi connectivity index (χ4n) is 0.720. The van der Waals surface area contributed by atoms with Gasteiger partial charge in [0.05, 0.1) is 12.6 Å². The minimum Gasteiger partial charge on any atom is -0.304 e. The number of nitrogens with zero attached hydrogens (tertiary/aromatic N) is 1. The summed E-state index contributed by atoms with van der Waals surface area (Å²) in [7, 11) is 0. The van der Waals surface area contributed by atoms with Crippen LogP contribution in [-0.2, 0) is 0 Å². The van der Waals surface area contributed by atoms with Crippen LogP contribution in [-0.4, -0.2) is 19.3 Å². The Morgan fingerprint density at radius 2 is 1.92 bits per heavy atom. The molecule has 1 N–H and O–H groups in total. The van der Waals surface area contributed by atoms with Gasteiger partial charge in [-0.05, 0) is 19.4 Å². The molecule has 0 radical (unpaired) electrons. The third-order valence-corrected chi connectivity index (χ3v) is 1.27. The standard InChI is InChI=1S/C7H11F3N2/c8-7(9,10)3-1-2-5-12-6-4-11/h12H,1-3,5-6H2. The van der Waals surface area contributed by atoms with Gasteiger partial charge in [0.1, 0.15) is 0 Å². The number of halogens is 3. The molecule has 0 atom stereocenters. The fraction of sp³-hybridized carbons (Fsp3) is 0.857. The van der Waals surface area contributed by atoms with Crippen molar-refractivity contribution < 1.29 is 13.2 Å². The van der Waals surface area contributed by atoms with E-state index < -0.39 is 12.6 Å². The molecule has 0 unspecified atom stereocenters. The highest BCUT2D eigenvalue weighted by molar-refractivity contribution is 4.72. The Labute approximate surface area is 69.4 Å². The summed E-state index contributed by atoms with van der Waals surface area (Å²) in [5, 5.41) is 10.8. The van der Waals surface area contributed by atoms with Gasteiger partial charge in [0.25, 0.3) is 0 Å². The molecule has 12 heavy (non-hydrogen) atoms. The number of unbranched alkanes of at least 4 members (excludes halogenated alkanes) is 1. The summed E-state index contributed by atoms with van der Waals surface area (Å²) >= 11 is 0. The first kappa shape index (κ1) is 11.2. The molecule has 0 aliphatic carbocycles. The van der Waals surface area contributed by atoms with Gasteiger partial charge in [-0.1, -0.05) is 0 Å². The average molecular weight is 180 g/mol. The zero-order chi connectivity index (χ0) is 9.45. The molecule has 0 bridgehead atoms. The van der Waals surface area contributed by atoms with E-state index in [1.807, 2.05) is 6.07 Å². The van der Waals surface area contributed by atoms with Gasteiger partial charge in [-0.15, -0.1) is 0 Å². The van der Waals surface area contributed by atoms with Crippen LogP contribution in [0.2, 0.25) is 0 Å². The van der Waals surface area contributed by atoms with Crippen LogP contribution in [0.3, 0.4) is 0 Å². The molecular weight excluding hydrogens is 169 g/mol. The lowest BCUT2D eigenvalue weighted by molar-refractivity contribution is -0.135. The summed E-state index contributed by atoms with van der Waals surface area (Å²) in [6, 6.07) is 1.84. The Morgan fingerprint density at radius 1 is 1.25 bits per heavy atom. The minimum atomic E-state index is -4.05. The molecule has 0 heterocycles. The van der Waals surface area contributed by atoms with Crippen molar-refractivity contribution in [2.24, 2.45) is 0 Å². The predicted molar refractivity (Wildman–Crippen MR) is 38.4 cm³/mol. The van der Waals surface area contributed by atoms with E-state index in [2.05, 4.69) is 5.32 Å². The van der Waals surface area contributed by atoms with Crippen molar-refractivity contribution in [3.8, 4) is 6.07 Å². The lowest BCUT2D eigenvalue weighted by atomic mass is 10.2. The van der Waals surface area contributed by atoms with E-state index in [-0.39, 0.29) is 13.0 Å². The van der Waals surface area contributed by atoms with Crippen molar-refractivity contribution in [2.45, 2.75) is 25.4 Å². The number of rotatable bonds is 5. The lowest BCUT2D eigenvalue weighted by Crippen LogP contribution is -2.16. The molecule has 0 spiro atoms. The van der Waals surface area contributed by atoms with E-state index in [1.165, 1.54) is 0 Å². The highest BCUT2D eigenvalue weighted by atomic mass is 19.4. The lowest BCUT2D eigenvalue weighted by Gasteiger charge is -2.04. The Kier molecular flexibility index (Phi) is 5.47. The van der Waals surface area contributed by atoms with Crippen LogP contribution in [0.5, 0.6) is 0 Å². The van der Waals surface area contributed by atoms with E-state index >= 15 is 0 Å². The fourth-order valence-corrected chi connectivity index (χ4v) is 0.720. The highest BCUT2D eigenvalue weighted by Crippen LogP contribution is 2.21. The summed E-state index contributed by atoms with van der Waals surface area (Å²) in [6.07, 6.45) is -4.19. The monoisotopic (exact) mass is 180 g/mol. The van der Waals surface area contributed by atoms with Gasteiger partial charge < -0.3 is 5.32 Å². The largest absolute Gasteiger partial charge is 0.389 e. The van der Waals surface area contributed by atoms with Gasteiger partial charge in [0.2, 0.25) is 0 Å². The first-order chi connectivity index (χ1) is 5.56. The summed E-state index contributed by atoms with van der Waals surface area (Å²) in [6.45, 7) is 0.676. The Balaban J connectivity index is 3.07. The predicted octanol–water partition coefficient (Wildman–Crippen LogP) is 1.83. The maximum atomic E-state index is 11.6. The number of alkyl halides is 3. The molecule has 0 aliphatic heterocycles. The Bertz CT molecular complexity index is 148. The van der Waals surface area contributed by atoms with Crippen LogP contribution in [0.25, 0.3) is 0 Å². The van der Waals surface area contributed by atoms with Gasteiger partial charge >= 0.3 is 6.18 Å². The maximum Gasteiger partial charge on any atom is 0.389 e. The quantitative estimate of drug-likeness (QED) is 0.517. The minimum absolute atomic E-state index is 0.127. The van der Waals surface area contributed by atoms with Crippen molar-refractivity contribution in [1.29, 1.82) is 5.26 Å². The van der Waals surface area contributed by atoms with E-state index in [4.69, 9.17) is 5.26 Å². The van der Waals surface area contributed by atoms with Crippen molar-refractivity contribution >= 4 is 0 Å². The zero-order valence-electron chi connectivity index (χ0n) is 6.62. The first-order valence-corrected chi connectivity index (χ1v) is 3.70. The van der Waals surface area contributed by atoms with Gasteiger partial charge in [-0.25, -0.2) is 0 Å². The molecule has 0 saturated carbocycles. The smallest absolute Gasteiger partial charge is 0.304 e. The number of hydrogen-bond donors (Lipinski definition) is 1. The summed E-state index contributed by atoms with van der Waals surface area (Å²) in [5.41, 5.74) is 0. The van der Waals surface area contributed by atoms with Crippen LogP contribution in [0, 0.1) is 11.3 Å². The van der Waals surface area contributed by atoms with Crippen LogP contribution >= 0.6 is 0 Å². The van der Waals surface area contributed by atoms with Gasteiger partial charge in [0, 0.05) is 6.42 Å². The number of nitrogens with one attached hydrogen (secondary N) is 1. The zero-order valence-corrected chi connectivity index (χ0v) is 6.62. The van der Waals surface area contributed by atoms with Crippen LogP contribution in [0.1, 0.15) is 19.3 Å². The van der Waals surface area contributed by atoms with Gasteiger partial charge in [-0.2, -0.15) is 18.4 Å². The molecule has 0 rings (SSSR count). The average Bonchev–Trinajstić information content (AvgIpc) is 1.94. The van der Waals surface area contributed by atoms with Crippen molar-refractivity contribution in [3.63, 3.8) is 0 Å².